The van der Waals surface area contributed by atoms with Gasteiger partial charge in [0.2, 0.25) is 0 Å². The fourth-order valence-corrected chi connectivity index (χ4v) is 3.65. The molecule has 0 spiro atoms. The maximum Gasteiger partial charge on any atom is 0.137 e. The SMILES string of the molecule is c1cc(-c2c[nH]c3ncc(-c4ccc(OCCN5CCOCC5)cc4)cc23)[nH]n1. The number of fused-ring (bicyclic) bond motifs is 1. The third kappa shape index (κ3) is 3.87. The third-order valence-electron chi connectivity index (χ3n) is 5.29. The number of benzene rings is 1. The number of morpholine rings is 1. The van der Waals surface area contributed by atoms with Gasteiger partial charge in [-0.1, -0.05) is 12.1 Å². The summed E-state index contributed by atoms with van der Waals surface area (Å²) in [6.45, 7) is 5.21. The van der Waals surface area contributed by atoms with Crippen molar-refractivity contribution in [1.29, 1.82) is 0 Å². The summed E-state index contributed by atoms with van der Waals surface area (Å²) in [6, 6.07) is 12.3. The first-order valence-corrected chi connectivity index (χ1v) is 9.87. The molecule has 2 N–H and O–H groups in total. The van der Waals surface area contributed by atoms with E-state index in [4.69, 9.17) is 9.47 Å². The number of hydrogen-bond donors (Lipinski definition) is 2. The lowest BCUT2D eigenvalue weighted by molar-refractivity contribution is 0.0322. The zero-order valence-corrected chi connectivity index (χ0v) is 16.1. The van der Waals surface area contributed by atoms with E-state index in [0.29, 0.717) is 6.61 Å². The molecule has 1 aliphatic rings. The highest BCUT2D eigenvalue weighted by atomic mass is 16.5. The Labute approximate surface area is 168 Å². The molecule has 0 amide bonds. The van der Waals surface area contributed by atoms with Crippen LogP contribution >= 0.6 is 0 Å². The van der Waals surface area contributed by atoms with Crippen molar-refractivity contribution in [3.8, 4) is 28.1 Å². The molecule has 0 bridgehead atoms. The molecule has 29 heavy (non-hydrogen) atoms. The second kappa shape index (κ2) is 8.06. The first-order valence-electron chi connectivity index (χ1n) is 9.87. The molecule has 7 heteroatoms. The van der Waals surface area contributed by atoms with Gasteiger partial charge in [0.15, 0.2) is 0 Å². The van der Waals surface area contributed by atoms with E-state index in [9.17, 15) is 0 Å². The molecule has 1 aromatic carbocycles. The molecule has 4 aromatic rings. The summed E-state index contributed by atoms with van der Waals surface area (Å²) < 4.78 is 11.3. The molecule has 0 radical (unpaired) electrons. The number of ether oxygens (including phenoxy) is 2. The maximum absolute atomic E-state index is 5.91. The number of rotatable bonds is 6. The van der Waals surface area contributed by atoms with Gasteiger partial charge in [-0.3, -0.25) is 10.00 Å². The molecular formula is C22H23N5O2. The van der Waals surface area contributed by atoms with Crippen molar-refractivity contribution in [2.45, 2.75) is 0 Å². The third-order valence-corrected chi connectivity index (χ3v) is 5.29. The minimum Gasteiger partial charge on any atom is -0.492 e. The van der Waals surface area contributed by atoms with Gasteiger partial charge < -0.3 is 14.5 Å². The minimum absolute atomic E-state index is 0.684. The number of aromatic nitrogens is 4. The Morgan fingerprint density at radius 3 is 2.72 bits per heavy atom. The number of nitrogens with zero attached hydrogens (tertiary/aromatic N) is 3. The van der Waals surface area contributed by atoms with Crippen LogP contribution < -0.4 is 4.74 Å². The molecule has 5 rings (SSSR count). The largest absolute Gasteiger partial charge is 0.492 e. The van der Waals surface area contributed by atoms with Crippen LogP contribution in [0.25, 0.3) is 33.4 Å². The first kappa shape index (κ1) is 17.9. The Morgan fingerprint density at radius 1 is 1.07 bits per heavy atom. The molecule has 7 nitrogen and oxygen atoms in total. The number of hydrogen-bond acceptors (Lipinski definition) is 5. The van der Waals surface area contributed by atoms with Crippen molar-refractivity contribution in [1.82, 2.24) is 25.1 Å². The van der Waals surface area contributed by atoms with Crippen LogP contribution in [-0.2, 0) is 4.74 Å². The summed E-state index contributed by atoms with van der Waals surface area (Å²) in [5.74, 6) is 0.885. The lowest BCUT2D eigenvalue weighted by Crippen LogP contribution is -2.38. The van der Waals surface area contributed by atoms with E-state index in [1.807, 2.05) is 30.6 Å². The van der Waals surface area contributed by atoms with Gasteiger partial charge in [-0.15, -0.1) is 0 Å². The summed E-state index contributed by atoms with van der Waals surface area (Å²) in [4.78, 5) is 10.2. The first-order chi connectivity index (χ1) is 14.4. The van der Waals surface area contributed by atoms with Gasteiger partial charge >= 0.3 is 0 Å². The summed E-state index contributed by atoms with van der Waals surface area (Å²) in [7, 11) is 0. The Morgan fingerprint density at radius 2 is 1.93 bits per heavy atom. The van der Waals surface area contributed by atoms with Crippen LogP contribution in [0.1, 0.15) is 0 Å². The van der Waals surface area contributed by atoms with Crippen molar-refractivity contribution >= 4 is 11.0 Å². The molecule has 0 unspecified atom stereocenters. The standard InChI is InChI=1S/C22H23N5O2/c1-3-18(29-12-9-27-7-10-28-11-8-27)4-2-16(1)17-13-19-20(21-5-6-25-26-21)15-24-22(19)23-14-17/h1-6,13-15H,7-12H2,(H,23,24)(H,25,26). The van der Waals surface area contributed by atoms with E-state index in [0.717, 1.165) is 72.0 Å². The van der Waals surface area contributed by atoms with Crippen molar-refractivity contribution in [3.63, 3.8) is 0 Å². The molecule has 1 saturated heterocycles. The molecule has 0 aliphatic carbocycles. The van der Waals surface area contributed by atoms with Crippen molar-refractivity contribution < 1.29 is 9.47 Å². The van der Waals surface area contributed by atoms with Crippen LogP contribution in [0.15, 0.2) is 55.0 Å². The summed E-state index contributed by atoms with van der Waals surface area (Å²) in [6.07, 6.45) is 5.60. The van der Waals surface area contributed by atoms with Crippen LogP contribution in [0.2, 0.25) is 0 Å². The fourth-order valence-electron chi connectivity index (χ4n) is 3.65. The van der Waals surface area contributed by atoms with E-state index >= 15 is 0 Å². The second-order valence-corrected chi connectivity index (χ2v) is 7.12. The van der Waals surface area contributed by atoms with Gasteiger partial charge in [0, 0.05) is 54.7 Å². The highest BCUT2D eigenvalue weighted by molar-refractivity contribution is 5.94. The van der Waals surface area contributed by atoms with Crippen LogP contribution in [0.3, 0.4) is 0 Å². The zero-order valence-electron chi connectivity index (χ0n) is 16.1. The number of aromatic amines is 2. The van der Waals surface area contributed by atoms with Gasteiger partial charge in [0.1, 0.15) is 18.0 Å². The highest BCUT2D eigenvalue weighted by Gasteiger charge is 2.11. The normalized spacial score (nSPS) is 15.0. The molecule has 0 atom stereocenters. The van der Waals surface area contributed by atoms with Crippen LogP contribution in [0, 0.1) is 0 Å². The molecule has 1 fully saturated rings. The van der Waals surface area contributed by atoms with Gasteiger partial charge in [-0.05, 0) is 29.8 Å². The van der Waals surface area contributed by atoms with Gasteiger partial charge in [0.05, 0.1) is 18.9 Å². The Balaban J connectivity index is 1.29. The molecule has 0 saturated carbocycles. The quantitative estimate of drug-likeness (QED) is 0.529. The molecule has 3 aromatic heterocycles. The van der Waals surface area contributed by atoms with Crippen LogP contribution in [0.5, 0.6) is 5.75 Å². The number of H-pyrrole nitrogens is 2. The number of nitrogens with one attached hydrogen (secondary N) is 2. The monoisotopic (exact) mass is 389 g/mol. The molecule has 4 heterocycles. The lowest BCUT2D eigenvalue weighted by Gasteiger charge is -2.26. The van der Waals surface area contributed by atoms with Crippen LogP contribution in [0.4, 0.5) is 0 Å². The van der Waals surface area contributed by atoms with E-state index in [1.165, 1.54) is 0 Å². The van der Waals surface area contributed by atoms with Gasteiger partial charge in [0.25, 0.3) is 0 Å². The van der Waals surface area contributed by atoms with E-state index in [2.05, 4.69) is 43.3 Å². The van der Waals surface area contributed by atoms with Crippen molar-refractivity contribution in [2.75, 3.05) is 39.5 Å². The van der Waals surface area contributed by atoms with Crippen LogP contribution in [-0.4, -0.2) is 64.5 Å². The summed E-state index contributed by atoms with van der Waals surface area (Å²) in [5.41, 5.74) is 5.07. The van der Waals surface area contributed by atoms with E-state index in [1.54, 1.807) is 6.20 Å². The summed E-state index contributed by atoms with van der Waals surface area (Å²) >= 11 is 0. The van der Waals surface area contributed by atoms with E-state index < -0.39 is 0 Å². The smallest absolute Gasteiger partial charge is 0.137 e. The molecular weight excluding hydrogens is 366 g/mol. The van der Waals surface area contributed by atoms with Crippen molar-refractivity contribution in [2.24, 2.45) is 0 Å². The van der Waals surface area contributed by atoms with E-state index in [-0.39, 0.29) is 0 Å². The predicted octanol–water partition coefficient (Wildman–Crippen LogP) is 3.33. The topological polar surface area (TPSA) is 79.1 Å². The number of pyridine rings is 1. The maximum atomic E-state index is 5.91. The average Bonchev–Trinajstić information content (AvgIpc) is 3.44. The Kier molecular flexibility index (Phi) is 4.98. The Hall–Kier alpha value is -3.16. The van der Waals surface area contributed by atoms with Gasteiger partial charge in [-0.2, -0.15) is 5.10 Å². The Bertz CT molecular complexity index is 1070. The van der Waals surface area contributed by atoms with Crippen molar-refractivity contribution in [3.05, 3.63) is 55.0 Å². The van der Waals surface area contributed by atoms with Gasteiger partial charge in [-0.25, -0.2) is 4.98 Å². The predicted molar refractivity (Wildman–Crippen MR) is 112 cm³/mol. The lowest BCUT2D eigenvalue weighted by atomic mass is 10.0. The molecule has 1 aliphatic heterocycles. The molecule has 148 valence electrons. The highest BCUT2D eigenvalue weighted by Crippen LogP contribution is 2.30. The minimum atomic E-state index is 0.684. The average molecular weight is 389 g/mol. The second-order valence-electron chi connectivity index (χ2n) is 7.12. The fraction of sp³-hybridized carbons (Fsp3) is 0.273. The summed E-state index contributed by atoms with van der Waals surface area (Å²) in [5, 5.41) is 8.13. The zero-order chi connectivity index (χ0) is 19.5.